The van der Waals surface area contributed by atoms with Crippen molar-refractivity contribution in [2.75, 3.05) is 19.3 Å². The molecule has 6 heteroatoms. The fourth-order valence-corrected chi connectivity index (χ4v) is 4.94. The van der Waals surface area contributed by atoms with Crippen LogP contribution in [0.2, 0.25) is 0 Å². The van der Waals surface area contributed by atoms with Gasteiger partial charge in [-0.3, -0.25) is 14.4 Å². The van der Waals surface area contributed by atoms with Crippen LogP contribution >= 0.6 is 0 Å². The monoisotopic (exact) mass is 445 g/mol. The number of anilines is 1. The lowest BCUT2D eigenvalue weighted by molar-refractivity contribution is -0.190. The van der Waals surface area contributed by atoms with Crippen LogP contribution in [0.3, 0.4) is 0 Å². The van der Waals surface area contributed by atoms with Gasteiger partial charge in [-0.25, -0.2) is 5.06 Å². The Hall–Kier alpha value is -3.64. The molecular weight excluding hydrogens is 418 g/mol. The lowest BCUT2D eigenvalue weighted by atomic mass is 9.62. The summed E-state index contributed by atoms with van der Waals surface area (Å²) < 4.78 is 10.7. The van der Waals surface area contributed by atoms with Gasteiger partial charge in [0.2, 0.25) is 5.41 Å². The number of hydroxylamine groups is 1. The molecule has 4 rings (SSSR count). The Morgan fingerprint density at radius 1 is 0.758 bits per heavy atom. The van der Waals surface area contributed by atoms with Crippen molar-refractivity contribution in [1.82, 2.24) is 0 Å². The maximum atomic E-state index is 13.8. The molecular formula is C27H27NO5. The number of carbonyl (C=O) groups excluding carboxylic acids is 2. The normalized spacial score (nSPS) is 21.8. The number of hydrogen-bond acceptors (Lipinski definition) is 6. The van der Waals surface area contributed by atoms with E-state index < -0.39 is 35.4 Å². The van der Waals surface area contributed by atoms with Crippen LogP contribution in [0.15, 0.2) is 91.0 Å². The molecule has 1 aliphatic rings. The Bertz CT molecular complexity index is 1070. The van der Waals surface area contributed by atoms with Crippen LogP contribution in [0.25, 0.3) is 0 Å². The summed E-state index contributed by atoms with van der Waals surface area (Å²) >= 11 is 0. The Balaban J connectivity index is 2.06. The van der Waals surface area contributed by atoms with E-state index in [0.717, 1.165) is 11.1 Å². The lowest BCUT2D eigenvalue weighted by Gasteiger charge is -2.53. The van der Waals surface area contributed by atoms with Gasteiger partial charge in [-0.05, 0) is 30.2 Å². The van der Waals surface area contributed by atoms with Crippen molar-refractivity contribution in [1.29, 1.82) is 0 Å². The van der Waals surface area contributed by atoms with Crippen molar-refractivity contribution >= 4 is 17.6 Å². The second-order valence-corrected chi connectivity index (χ2v) is 8.03. The first-order chi connectivity index (χ1) is 16.1. The topological polar surface area (TPSA) is 65.1 Å². The van der Waals surface area contributed by atoms with Crippen molar-refractivity contribution in [3.63, 3.8) is 0 Å². The van der Waals surface area contributed by atoms with Gasteiger partial charge in [0.15, 0.2) is 0 Å². The largest absolute Gasteiger partial charge is 0.468 e. The third-order valence-corrected chi connectivity index (χ3v) is 6.24. The summed E-state index contributed by atoms with van der Waals surface area (Å²) in [6, 6.07) is 27.4. The summed E-state index contributed by atoms with van der Waals surface area (Å²) in [6.45, 7) is 1.86. The third kappa shape index (κ3) is 3.76. The first-order valence-electron chi connectivity index (χ1n) is 10.8. The number of nitrogens with zero attached hydrogens (tertiary/aromatic N) is 1. The van der Waals surface area contributed by atoms with Crippen LogP contribution in [-0.2, 0) is 23.9 Å². The Morgan fingerprint density at radius 2 is 1.21 bits per heavy atom. The molecule has 0 amide bonds. The highest BCUT2D eigenvalue weighted by molar-refractivity contribution is 6.03. The number of para-hydroxylation sites is 1. The summed E-state index contributed by atoms with van der Waals surface area (Å²) in [5.74, 6) is -2.01. The first-order valence-corrected chi connectivity index (χ1v) is 10.8. The second-order valence-electron chi connectivity index (χ2n) is 8.03. The van der Waals surface area contributed by atoms with E-state index in [2.05, 4.69) is 0 Å². The maximum Gasteiger partial charge on any atom is 0.326 e. The van der Waals surface area contributed by atoms with Gasteiger partial charge in [-0.15, -0.1) is 0 Å². The van der Waals surface area contributed by atoms with E-state index in [1.54, 1.807) is 5.06 Å². The van der Waals surface area contributed by atoms with Gasteiger partial charge in [-0.1, -0.05) is 78.9 Å². The van der Waals surface area contributed by atoms with Gasteiger partial charge >= 0.3 is 11.9 Å². The first kappa shape index (κ1) is 22.6. The van der Waals surface area contributed by atoms with E-state index in [1.165, 1.54) is 14.2 Å². The smallest absolute Gasteiger partial charge is 0.326 e. The molecule has 0 N–H and O–H groups in total. The summed E-state index contributed by atoms with van der Waals surface area (Å²) in [7, 11) is 2.59. The van der Waals surface area contributed by atoms with Gasteiger partial charge in [-0.2, -0.15) is 0 Å². The van der Waals surface area contributed by atoms with Crippen LogP contribution in [0.5, 0.6) is 0 Å². The van der Waals surface area contributed by atoms with Crippen molar-refractivity contribution in [2.24, 2.45) is 5.41 Å². The van der Waals surface area contributed by atoms with Gasteiger partial charge in [0, 0.05) is 5.92 Å². The third-order valence-electron chi connectivity index (χ3n) is 6.24. The van der Waals surface area contributed by atoms with Crippen molar-refractivity contribution < 1.29 is 23.9 Å². The van der Waals surface area contributed by atoms with E-state index in [0.29, 0.717) is 5.69 Å². The fourth-order valence-electron chi connectivity index (χ4n) is 4.94. The second kappa shape index (κ2) is 9.46. The van der Waals surface area contributed by atoms with E-state index in [9.17, 15) is 9.59 Å². The number of ether oxygens (including phenoxy) is 2. The van der Waals surface area contributed by atoms with Gasteiger partial charge in [0.25, 0.3) is 0 Å². The van der Waals surface area contributed by atoms with Gasteiger partial charge in [0.05, 0.1) is 26.0 Å². The van der Waals surface area contributed by atoms with E-state index in [-0.39, 0.29) is 0 Å². The van der Waals surface area contributed by atoms with Crippen LogP contribution < -0.4 is 5.06 Å². The minimum atomic E-state index is -1.74. The highest BCUT2D eigenvalue weighted by Crippen LogP contribution is 2.57. The number of hydrogen-bond donors (Lipinski definition) is 0. The highest BCUT2D eigenvalue weighted by atomic mass is 16.7. The Labute approximate surface area is 193 Å². The average molecular weight is 446 g/mol. The van der Waals surface area contributed by atoms with Crippen LogP contribution in [0, 0.1) is 5.41 Å². The highest BCUT2D eigenvalue weighted by Gasteiger charge is 2.67. The SMILES string of the molecule is COC(=O)C1(C(=O)OC)[C@H](c2ccccc2)[C@H](C)ON(c2ccccc2)[C@H]1c1ccccc1. The van der Waals surface area contributed by atoms with Crippen molar-refractivity contribution in [3.8, 4) is 0 Å². The van der Waals surface area contributed by atoms with E-state index >= 15 is 0 Å². The molecule has 1 saturated heterocycles. The van der Waals surface area contributed by atoms with Gasteiger partial charge in [0.1, 0.15) is 6.04 Å². The molecule has 0 aliphatic carbocycles. The number of benzene rings is 3. The molecule has 0 saturated carbocycles. The molecule has 3 aromatic carbocycles. The summed E-state index contributed by atoms with van der Waals surface area (Å²) in [5.41, 5.74) is 0.487. The quantitative estimate of drug-likeness (QED) is 0.420. The molecule has 170 valence electrons. The summed E-state index contributed by atoms with van der Waals surface area (Å²) in [4.78, 5) is 34.0. The van der Waals surface area contributed by atoms with Crippen molar-refractivity contribution in [2.45, 2.75) is 25.0 Å². The average Bonchev–Trinajstić information content (AvgIpc) is 2.88. The molecule has 0 spiro atoms. The molecule has 1 aliphatic heterocycles. The summed E-state index contributed by atoms with van der Waals surface area (Å²) in [6.07, 6.45) is -0.550. The molecule has 33 heavy (non-hydrogen) atoms. The standard InChI is InChI=1S/C27H27NO5/c1-19-23(20-13-7-4-8-14-20)27(25(29)31-2,26(30)32-3)24(21-15-9-5-10-16-21)28(33-19)22-17-11-6-12-18-22/h4-19,23-24H,1-3H3/t19-,23-,24-/m0/s1. The summed E-state index contributed by atoms with van der Waals surface area (Å²) in [5, 5.41) is 1.65. The number of carbonyl (C=O) groups is 2. The van der Waals surface area contributed by atoms with E-state index in [4.69, 9.17) is 14.3 Å². The molecule has 1 heterocycles. The fraction of sp³-hybridized carbons (Fsp3) is 0.259. The maximum absolute atomic E-state index is 13.8. The van der Waals surface area contributed by atoms with E-state index in [1.807, 2.05) is 97.9 Å². The predicted octanol–water partition coefficient (Wildman–Crippen LogP) is 4.68. The lowest BCUT2D eigenvalue weighted by Crippen LogP contribution is -2.62. The Morgan fingerprint density at radius 3 is 1.70 bits per heavy atom. The Kier molecular flexibility index (Phi) is 6.47. The molecule has 3 atom stereocenters. The zero-order valence-corrected chi connectivity index (χ0v) is 18.9. The molecule has 0 radical (unpaired) electrons. The number of rotatable bonds is 5. The zero-order chi connectivity index (χ0) is 23.4. The molecule has 0 bridgehead atoms. The zero-order valence-electron chi connectivity index (χ0n) is 18.9. The molecule has 3 aromatic rings. The minimum absolute atomic E-state index is 0.550. The van der Waals surface area contributed by atoms with Crippen LogP contribution in [-0.4, -0.2) is 32.3 Å². The molecule has 0 unspecified atom stereocenters. The number of esters is 2. The van der Waals surface area contributed by atoms with Crippen molar-refractivity contribution in [3.05, 3.63) is 102 Å². The number of methoxy groups -OCH3 is 2. The molecule has 1 fully saturated rings. The minimum Gasteiger partial charge on any atom is -0.468 e. The van der Waals surface area contributed by atoms with Gasteiger partial charge < -0.3 is 9.47 Å². The molecule has 0 aromatic heterocycles. The predicted molar refractivity (Wildman–Crippen MR) is 124 cm³/mol. The molecule has 6 nitrogen and oxygen atoms in total. The van der Waals surface area contributed by atoms with Crippen LogP contribution in [0.4, 0.5) is 5.69 Å². The van der Waals surface area contributed by atoms with Crippen LogP contribution in [0.1, 0.15) is 30.0 Å².